The van der Waals surface area contributed by atoms with Crippen LogP contribution in [0.25, 0.3) is 11.4 Å². The first-order valence-corrected chi connectivity index (χ1v) is 8.82. The molecule has 0 radical (unpaired) electrons. The molecule has 3 rings (SSSR count). The highest BCUT2D eigenvalue weighted by atomic mass is 16.2. The summed E-state index contributed by atoms with van der Waals surface area (Å²) in [4.78, 5) is 18.0. The Hall–Kier alpha value is -2.44. The van der Waals surface area contributed by atoms with Crippen molar-refractivity contribution in [3.05, 3.63) is 24.3 Å². The summed E-state index contributed by atoms with van der Waals surface area (Å²) in [6.45, 7) is 4.36. The number of tetrazole rings is 1. The lowest BCUT2D eigenvalue weighted by atomic mass is 9.97. The molecule has 2 aromatic rings. The summed E-state index contributed by atoms with van der Waals surface area (Å²) in [5.41, 5.74) is 2.00. The molecule has 1 fully saturated rings. The number of benzene rings is 1. The smallest absolute Gasteiger partial charge is 0.246 e. The van der Waals surface area contributed by atoms with Gasteiger partial charge in [-0.15, -0.1) is 10.2 Å². The van der Waals surface area contributed by atoms with Crippen molar-refractivity contribution in [1.82, 2.24) is 25.1 Å². The molecule has 1 aromatic carbocycles. The fraction of sp³-hybridized carbons (Fsp3) is 0.556. The number of hydrogen-bond acceptors (Lipinski definition) is 5. The monoisotopic (exact) mass is 342 g/mol. The SMILES string of the molecule is C[C@H]1CCC[C@H](C)N1C(=O)Cn1nnc(-c2ccc(N(C)C)cc2)n1. The molecule has 1 amide bonds. The number of carbonyl (C=O) groups is 1. The minimum Gasteiger partial charge on any atom is -0.378 e. The Balaban J connectivity index is 1.70. The van der Waals surface area contributed by atoms with E-state index in [2.05, 4.69) is 29.3 Å². The molecule has 0 saturated carbocycles. The third-order valence-electron chi connectivity index (χ3n) is 4.85. The predicted molar refractivity (Wildman–Crippen MR) is 97.2 cm³/mol. The summed E-state index contributed by atoms with van der Waals surface area (Å²) in [6.07, 6.45) is 3.30. The number of hydrogen-bond donors (Lipinski definition) is 0. The van der Waals surface area contributed by atoms with Gasteiger partial charge in [0.2, 0.25) is 11.7 Å². The first-order valence-electron chi connectivity index (χ1n) is 8.82. The van der Waals surface area contributed by atoms with E-state index in [9.17, 15) is 4.79 Å². The molecular formula is C18H26N6O. The van der Waals surface area contributed by atoms with E-state index >= 15 is 0 Å². The molecule has 0 bridgehead atoms. The number of rotatable bonds is 4. The van der Waals surface area contributed by atoms with E-state index in [-0.39, 0.29) is 24.5 Å². The van der Waals surface area contributed by atoms with Crippen molar-refractivity contribution in [2.24, 2.45) is 0 Å². The van der Waals surface area contributed by atoms with Crippen molar-refractivity contribution in [1.29, 1.82) is 0 Å². The van der Waals surface area contributed by atoms with Gasteiger partial charge in [0.15, 0.2) is 0 Å². The van der Waals surface area contributed by atoms with Crippen LogP contribution in [0.1, 0.15) is 33.1 Å². The summed E-state index contributed by atoms with van der Waals surface area (Å²) in [5.74, 6) is 0.601. The Morgan fingerprint density at radius 2 is 1.80 bits per heavy atom. The largest absolute Gasteiger partial charge is 0.378 e. The van der Waals surface area contributed by atoms with Crippen molar-refractivity contribution in [3.63, 3.8) is 0 Å². The molecule has 134 valence electrons. The second-order valence-corrected chi connectivity index (χ2v) is 7.01. The lowest BCUT2D eigenvalue weighted by Gasteiger charge is -2.38. The minimum absolute atomic E-state index is 0.0617. The van der Waals surface area contributed by atoms with Gasteiger partial charge in [-0.25, -0.2) is 0 Å². The average Bonchev–Trinajstić information content (AvgIpc) is 3.03. The summed E-state index contributed by atoms with van der Waals surface area (Å²) < 4.78 is 0. The van der Waals surface area contributed by atoms with E-state index in [4.69, 9.17) is 0 Å². The Labute approximate surface area is 148 Å². The number of likely N-dealkylation sites (tertiary alicyclic amines) is 1. The summed E-state index contributed by atoms with van der Waals surface area (Å²) in [6, 6.07) is 8.51. The second kappa shape index (κ2) is 7.21. The first-order chi connectivity index (χ1) is 12.0. The van der Waals surface area contributed by atoms with E-state index in [1.54, 1.807) is 0 Å². The predicted octanol–water partition coefficient (Wildman–Crippen LogP) is 2.20. The highest BCUT2D eigenvalue weighted by Crippen LogP contribution is 2.23. The Morgan fingerprint density at radius 1 is 1.16 bits per heavy atom. The van der Waals surface area contributed by atoms with Crippen molar-refractivity contribution >= 4 is 11.6 Å². The van der Waals surface area contributed by atoms with Gasteiger partial charge in [-0.05, 0) is 62.6 Å². The van der Waals surface area contributed by atoms with Crippen molar-refractivity contribution < 1.29 is 4.79 Å². The molecular weight excluding hydrogens is 316 g/mol. The van der Waals surface area contributed by atoms with E-state index in [0.29, 0.717) is 5.82 Å². The molecule has 1 aliphatic heterocycles. The van der Waals surface area contributed by atoms with Crippen LogP contribution in [0.4, 0.5) is 5.69 Å². The van der Waals surface area contributed by atoms with Gasteiger partial charge in [-0.3, -0.25) is 4.79 Å². The molecule has 2 atom stereocenters. The van der Waals surface area contributed by atoms with Crippen LogP contribution in [0, 0.1) is 0 Å². The Kier molecular flexibility index (Phi) is 5.01. The number of amides is 1. The zero-order valence-electron chi connectivity index (χ0n) is 15.4. The van der Waals surface area contributed by atoms with Gasteiger partial charge in [0.05, 0.1) is 0 Å². The molecule has 7 heteroatoms. The fourth-order valence-corrected chi connectivity index (χ4v) is 3.45. The minimum atomic E-state index is 0.0617. The van der Waals surface area contributed by atoms with Crippen LogP contribution < -0.4 is 4.90 Å². The molecule has 7 nitrogen and oxygen atoms in total. The van der Waals surface area contributed by atoms with Gasteiger partial charge < -0.3 is 9.80 Å². The highest BCUT2D eigenvalue weighted by Gasteiger charge is 2.29. The molecule has 1 aliphatic rings. The van der Waals surface area contributed by atoms with Crippen LogP contribution >= 0.6 is 0 Å². The van der Waals surface area contributed by atoms with Crippen LogP contribution in [0.5, 0.6) is 0 Å². The summed E-state index contributed by atoms with van der Waals surface area (Å²) >= 11 is 0. The fourth-order valence-electron chi connectivity index (χ4n) is 3.45. The summed E-state index contributed by atoms with van der Waals surface area (Å²) in [7, 11) is 4.00. The quantitative estimate of drug-likeness (QED) is 0.852. The molecule has 0 aliphatic carbocycles. The molecule has 0 unspecified atom stereocenters. The lowest BCUT2D eigenvalue weighted by Crippen LogP contribution is -2.48. The van der Waals surface area contributed by atoms with E-state index < -0.39 is 0 Å². The average molecular weight is 342 g/mol. The van der Waals surface area contributed by atoms with Gasteiger partial charge in [0.1, 0.15) is 6.54 Å². The topological polar surface area (TPSA) is 67.2 Å². The Morgan fingerprint density at radius 3 is 2.40 bits per heavy atom. The zero-order chi connectivity index (χ0) is 18.0. The van der Waals surface area contributed by atoms with Crippen LogP contribution in [0.15, 0.2) is 24.3 Å². The van der Waals surface area contributed by atoms with Gasteiger partial charge in [-0.1, -0.05) is 0 Å². The number of carbonyl (C=O) groups excluding carboxylic acids is 1. The molecule has 25 heavy (non-hydrogen) atoms. The van der Waals surface area contributed by atoms with E-state index in [0.717, 1.165) is 24.1 Å². The Bertz CT molecular complexity index is 713. The van der Waals surface area contributed by atoms with Gasteiger partial charge >= 0.3 is 0 Å². The molecule has 1 saturated heterocycles. The van der Waals surface area contributed by atoms with E-state index in [1.165, 1.54) is 11.2 Å². The summed E-state index contributed by atoms with van der Waals surface area (Å²) in [5, 5.41) is 12.5. The molecule has 2 heterocycles. The maximum atomic E-state index is 12.6. The highest BCUT2D eigenvalue weighted by molar-refractivity contribution is 5.76. The lowest BCUT2D eigenvalue weighted by molar-refractivity contribution is -0.138. The first kappa shape index (κ1) is 17.4. The van der Waals surface area contributed by atoms with Crippen LogP contribution in [0.2, 0.25) is 0 Å². The maximum absolute atomic E-state index is 12.6. The number of nitrogens with zero attached hydrogens (tertiary/aromatic N) is 6. The second-order valence-electron chi connectivity index (χ2n) is 7.01. The van der Waals surface area contributed by atoms with E-state index in [1.807, 2.05) is 48.2 Å². The van der Waals surface area contributed by atoms with Crippen molar-refractivity contribution in [2.75, 3.05) is 19.0 Å². The normalized spacial score (nSPS) is 20.6. The number of anilines is 1. The van der Waals surface area contributed by atoms with Gasteiger partial charge in [0.25, 0.3) is 0 Å². The van der Waals surface area contributed by atoms with Crippen molar-refractivity contribution in [3.8, 4) is 11.4 Å². The van der Waals surface area contributed by atoms with Gasteiger partial charge in [0, 0.05) is 37.4 Å². The molecule has 1 aromatic heterocycles. The van der Waals surface area contributed by atoms with Gasteiger partial charge in [-0.2, -0.15) is 4.80 Å². The number of piperidine rings is 1. The van der Waals surface area contributed by atoms with Crippen LogP contribution in [-0.2, 0) is 11.3 Å². The third kappa shape index (κ3) is 3.81. The van der Waals surface area contributed by atoms with Crippen molar-refractivity contribution in [2.45, 2.75) is 51.7 Å². The maximum Gasteiger partial charge on any atom is 0.246 e. The number of aromatic nitrogens is 4. The van der Waals surface area contributed by atoms with Crippen LogP contribution in [-0.4, -0.2) is 57.2 Å². The molecule has 0 N–H and O–H groups in total. The zero-order valence-corrected chi connectivity index (χ0v) is 15.4. The standard InChI is InChI=1S/C18H26N6O/c1-13-6-5-7-14(2)24(13)17(25)12-23-20-18(19-21-23)15-8-10-16(11-9-15)22(3)4/h8-11,13-14H,5-7,12H2,1-4H3/t13-,14-/m0/s1. The molecule has 0 spiro atoms. The van der Waals surface area contributed by atoms with Crippen LogP contribution in [0.3, 0.4) is 0 Å². The third-order valence-corrected chi connectivity index (χ3v) is 4.85.